The Hall–Kier alpha value is -2.21. The average Bonchev–Trinajstić information content (AvgIpc) is 2.92. The lowest BCUT2D eigenvalue weighted by Crippen LogP contribution is -2.45. The minimum atomic E-state index is -0.583. The molecule has 1 amide bonds. The molecule has 0 aliphatic carbocycles. The Labute approximate surface area is 142 Å². The Balaban J connectivity index is 1.64. The first-order valence-corrected chi connectivity index (χ1v) is 8.52. The van der Waals surface area contributed by atoms with Gasteiger partial charge in [-0.2, -0.15) is 5.10 Å². The number of likely N-dealkylation sites (tertiary alicyclic amines) is 1. The number of piperidine rings is 1. The predicted molar refractivity (Wildman–Crippen MR) is 92.2 cm³/mol. The van der Waals surface area contributed by atoms with Crippen LogP contribution in [0.4, 0.5) is 0 Å². The molecular weight excluding hydrogens is 302 g/mol. The van der Waals surface area contributed by atoms with E-state index in [2.05, 4.69) is 10.1 Å². The molecule has 0 radical (unpaired) electrons. The molecule has 2 aromatic rings. The molecule has 128 valence electrons. The standard InChI is InChI=1S/C18H25N5O/c1-13-20-14(2)23(21-13)12-15-7-6-10-22(11-15)18(24)17(19)16-8-4-3-5-9-16/h3-5,8-9,15,17H,6-7,10-12,19H2,1-2H3. The molecule has 24 heavy (non-hydrogen) atoms. The van der Waals surface area contributed by atoms with Gasteiger partial charge in [0, 0.05) is 19.6 Å². The number of aromatic nitrogens is 3. The molecule has 0 saturated carbocycles. The summed E-state index contributed by atoms with van der Waals surface area (Å²) in [6.45, 7) is 6.19. The topological polar surface area (TPSA) is 77.0 Å². The summed E-state index contributed by atoms with van der Waals surface area (Å²) < 4.78 is 1.95. The number of aryl methyl sites for hydroxylation is 2. The molecule has 0 bridgehead atoms. The van der Waals surface area contributed by atoms with E-state index >= 15 is 0 Å². The van der Waals surface area contributed by atoms with Gasteiger partial charge in [-0.05, 0) is 38.2 Å². The van der Waals surface area contributed by atoms with Crippen LogP contribution in [-0.2, 0) is 11.3 Å². The summed E-state index contributed by atoms with van der Waals surface area (Å²) in [6, 6.07) is 8.99. The fourth-order valence-corrected chi connectivity index (χ4v) is 3.39. The first kappa shape index (κ1) is 16.6. The van der Waals surface area contributed by atoms with Crippen molar-refractivity contribution in [1.82, 2.24) is 19.7 Å². The maximum Gasteiger partial charge on any atom is 0.244 e. The third-order valence-corrected chi connectivity index (χ3v) is 4.65. The fraction of sp³-hybridized carbons (Fsp3) is 0.500. The molecule has 1 aliphatic rings. The summed E-state index contributed by atoms with van der Waals surface area (Å²) in [7, 11) is 0. The number of nitrogens with zero attached hydrogens (tertiary/aromatic N) is 4. The highest BCUT2D eigenvalue weighted by molar-refractivity contribution is 5.83. The second kappa shape index (κ2) is 7.13. The number of hydrogen-bond acceptors (Lipinski definition) is 4. The lowest BCUT2D eigenvalue weighted by molar-refractivity contribution is -0.134. The molecule has 1 fully saturated rings. The van der Waals surface area contributed by atoms with Gasteiger partial charge >= 0.3 is 0 Å². The Bertz CT molecular complexity index is 697. The SMILES string of the molecule is Cc1nc(C)n(CC2CCCN(C(=O)C(N)c3ccccc3)C2)n1. The summed E-state index contributed by atoms with van der Waals surface area (Å²) >= 11 is 0. The zero-order valence-electron chi connectivity index (χ0n) is 14.4. The molecule has 1 aliphatic heterocycles. The Morgan fingerprint density at radius 1 is 1.33 bits per heavy atom. The quantitative estimate of drug-likeness (QED) is 0.929. The summed E-state index contributed by atoms with van der Waals surface area (Å²) in [6.07, 6.45) is 2.10. The minimum absolute atomic E-state index is 0.0115. The molecule has 3 rings (SSSR count). The van der Waals surface area contributed by atoms with Crippen LogP contribution < -0.4 is 5.73 Å². The van der Waals surface area contributed by atoms with Crippen molar-refractivity contribution in [3.63, 3.8) is 0 Å². The maximum absolute atomic E-state index is 12.7. The Kier molecular flexibility index (Phi) is 4.94. The van der Waals surface area contributed by atoms with Gasteiger partial charge in [0.1, 0.15) is 17.7 Å². The molecule has 0 spiro atoms. The van der Waals surface area contributed by atoms with Crippen LogP contribution in [0, 0.1) is 19.8 Å². The first-order valence-electron chi connectivity index (χ1n) is 8.52. The van der Waals surface area contributed by atoms with Gasteiger partial charge < -0.3 is 10.6 Å². The molecule has 1 aromatic carbocycles. The van der Waals surface area contributed by atoms with Crippen molar-refractivity contribution in [1.29, 1.82) is 0 Å². The zero-order chi connectivity index (χ0) is 17.1. The third kappa shape index (κ3) is 3.64. The molecule has 2 heterocycles. The number of benzene rings is 1. The third-order valence-electron chi connectivity index (χ3n) is 4.65. The van der Waals surface area contributed by atoms with Crippen molar-refractivity contribution in [2.75, 3.05) is 13.1 Å². The summed E-state index contributed by atoms with van der Waals surface area (Å²) in [4.78, 5) is 19.0. The highest BCUT2D eigenvalue weighted by atomic mass is 16.2. The van der Waals surface area contributed by atoms with Crippen LogP contribution in [-0.4, -0.2) is 38.7 Å². The van der Waals surface area contributed by atoms with Gasteiger partial charge in [-0.15, -0.1) is 0 Å². The number of carbonyl (C=O) groups is 1. The van der Waals surface area contributed by atoms with E-state index in [1.54, 1.807) is 0 Å². The molecular formula is C18H25N5O. The van der Waals surface area contributed by atoms with E-state index in [1.165, 1.54) is 0 Å². The minimum Gasteiger partial charge on any atom is -0.341 e. The van der Waals surface area contributed by atoms with Gasteiger partial charge in [0.2, 0.25) is 5.91 Å². The van der Waals surface area contributed by atoms with E-state index in [1.807, 2.05) is 53.8 Å². The van der Waals surface area contributed by atoms with E-state index in [0.29, 0.717) is 5.92 Å². The molecule has 6 nitrogen and oxygen atoms in total. The predicted octanol–water partition coefficient (Wildman–Crippen LogP) is 1.83. The van der Waals surface area contributed by atoms with Gasteiger partial charge in [0.05, 0.1) is 0 Å². The number of nitrogens with two attached hydrogens (primary N) is 1. The van der Waals surface area contributed by atoms with E-state index in [9.17, 15) is 4.79 Å². The summed E-state index contributed by atoms with van der Waals surface area (Å²) in [5, 5.41) is 4.43. The molecule has 2 unspecified atom stereocenters. The van der Waals surface area contributed by atoms with Crippen molar-refractivity contribution in [3.05, 3.63) is 47.5 Å². The van der Waals surface area contributed by atoms with Crippen LogP contribution in [0.15, 0.2) is 30.3 Å². The van der Waals surface area contributed by atoms with Crippen LogP contribution in [0.25, 0.3) is 0 Å². The highest BCUT2D eigenvalue weighted by Crippen LogP contribution is 2.22. The second-order valence-corrected chi connectivity index (χ2v) is 6.57. The number of carbonyl (C=O) groups excluding carboxylic acids is 1. The van der Waals surface area contributed by atoms with Crippen molar-refractivity contribution >= 4 is 5.91 Å². The van der Waals surface area contributed by atoms with Gasteiger partial charge in [0.15, 0.2) is 0 Å². The molecule has 6 heteroatoms. The zero-order valence-corrected chi connectivity index (χ0v) is 14.4. The summed E-state index contributed by atoms with van der Waals surface area (Å²) in [5.41, 5.74) is 7.04. The van der Waals surface area contributed by atoms with E-state index in [-0.39, 0.29) is 5.91 Å². The van der Waals surface area contributed by atoms with Crippen LogP contribution in [0.2, 0.25) is 0 Å². The van der Waals surface area contributed by atoms with Crippen LogP contribution in [0.1, 0.15) is 36.1 Å². The monoisotopic (exact) mass is 327 g/mol. The summed E-state index contributed by atoms with van der Waals surface area (Å²) in [5.74, 6) is 2.13. The fourth-order valence-electron chi connectivity index (χ4n) is 3.39. The Morgan fingerprint density at radius 3 is 2.75 bits per heavy atom. The Morgan fingerprint density at radius 2 is 2.08 bits per heavy atom. The average molecular weight is 327 g/mol. The van der Waals surface area contributed by atoms with Crippen molar-refractivity contribution in [2.24, 2.45) is 11.7 Å². The first-order chi connectivity index (χ1) is 11.5. The number of rotatable bonds is 4. The number of hydrogen-bond donors (Lipinski definition) is 1. The normalized spacial score (nSPS) is 19.3. The molecule has 1 saturated heterocycles. The molecule has 1 aromatic heterocycles. The lowest BCUT2D eigenvalue weighted by atomic mass is 9.96. The second-order valence-electron chi connectivity index (χ2n) is 6.57. The van der Waals surface area contributed by atoms with E-state index in [0.717, 1.165) is 49.7 Å². The number of amides is 1. The van der Waals surface area contributed by atoms with Crippen molar-refractivity contribution < 1.29 is 4.79 Å². The van der Waals surface area contributed by atoms with E-state index < -0.39 is 6.04 Å². The van der Waals surface area contributed by atoms with Crippen molar-refractivity contribution in [3.8, 4) is 0 Å². The molecule has 2 atom stereocenters. The lowest BCUT2D eigenvalue weighted by Gasteiger charge is -2.34. The van der Waals surface area contributed by atoms with Crippen LogP contribution in [0.3, 0.4) is 0 Å². The van der Waals surface area contributed by atoms with Crippen LogP contribution in [0.5, 0.6) is 0 Å². The van der Waals surface area contributed by atoms with Gasteiger partial charge in [-0.25, -0.2) is 9.67 Å². The van der Waals surface area contributed by atoms with Crippen LogP contribution >= 0.6 is 0 Å². The maximum atomic E-state index is 12.7. The smallest absolute Gasteiger partial charge is 0.244 e. The largest absolute Gasteiger partial charge is 0.341 e. The highest BCUT2D eigenvalue weighted by Gasteiger charge is 2.28. The van der Waals surface area contributed by atoms with Crippen molar-refractivity contribution in [2.45, 2.75) is 39.3 Å². The van der Waals surface area contributed by atoms with Gasteiger partial charge in [-0.1, -0.05) is 30.3 Å². The van der Waals surface area contributed by atoms with Gasteiger partial charge in [0.25, 0.3) is 0 Å². The van der Waals surface area contributed by atoms with E-state index in [4.69, 9.17) is 5.73 Å². The van der Waals surface area contributed by atoms with Gasteiger partial charge in [-0.3, -0.25) is 4.79 Å². The molecule has 2 N–H and O–H groups in total.